The van der Waals surface area contributed by atoms with Gasteiger partial charge in [-0.2, -0.15) is 0 Å². The molecule has 1 unspecified atom stereocenters. The van der Waals surface area contributed by atoms with Crippen LogP contribution >= 0.6 is 0 Å². The minimum Gasteiger partial charge on any atom is -0.497 e. The lowest BCUT2D eigenvalue weighted by molar-refractivity contribution is -0.132. The van der Waals surface area contributed by atoms with Crippen molar-refractivity contribution in [2.24, 2.45) is 0 Å². The van der Waals surface area contributed by atoms with Gasteiger partial charge in [-0.05, 0) is 37.1 Å². The second kappa shape index (κ2) is 6.94. The Hall–Kier alpha value is -2.55. The average molecular weight is 296 g/mol. The predicted molar refractivity (Wildman–Crippen MR) is 87.4 cm³/mol. The first-order chi connectivity index (χ1) is 10.5. The summed E-state index contributed by atoms with van der Waals surface area (Å²) >= 11 is 0. The summed E-state index contributed by atoms with van der Waals surface area (Å²) in [4.78, 5) is 11.2. The Kier molecular flexibility index (Phi) is 4.99. The van der Waals surface area contributed by atoms with E-state index in [9.17, 15) is 9.90 Å². The lowest BCUT2D eigenvalue weighted by Crippen LogP contribution is -2.03. The number of hydrogen-bond donors (Lipinski definition) is 1. The fraction of sp³-hybridized carbons (Fsp3) is 0.211. The molecular formula is C19H20O3. The van der Waals surface area contributed by atoms with Gasteiger partial charge in [0.15, 0.2) is 0 Å². The molecule has 0 saturated carbocycles. The Morgan fingerprint density at radius 1 is 1.14 bits per heavy atom. The van der Waals surface area contributed by atoms with Crippen LogP contribution in [0, 0.1) is 6.92 Å². The molecule has 0 aliphatic heterocycles. The van der Waals surface area contributed by atoms with Crippen molar-refractivity contribution in [2.75, 3.05) is 7.11 Å². The van der Waals surface area contributed by atoms with E-state index in [-0.39, 0.29) is 5.92 Å². The quantitative estimate of drug-likeness (QED) is 0.842. The number of benzene rings is 2. The lowest BCUT2D eigenvalue weighted by Gasteiger charge is -2.16. The molecule has 1 atom stereocenters. The molecule has 2 aromatic carbocycles. The summed E-state index contributed by atoms with van der Waals surface area (Å²) in [5, 5.41) is 9.17. The number of hydrogen-bond acceptors (Lipinski definition) is 2. The zero-order valence-electron chi connectivity index (χ0n) is 13.0. The number of carboxylic acids is 1. The van der Waals surface area contributed by atoms with Crippen molar-refractivity contribution in [1.82, 2.24) is 0 Å². The van der Waals surface area contributed by atoms with Gasteiger partial charge in [0.25, 0.3) is 0 Å². The van der Waals surface area contributed by atoms with Crippen LogP contribution in [0.2, 0.25) is 0 Å². The molecule has 0 amide bonds. The van der Waals surface area contributed by atoms with E-state index in [1.165, 1.54) is 0 Å². The highest BCUT2D eigenvalue weighted by Crippen LogP contribution is 2.29. The summed E-state index contributed by atoms with van der Waals surface area (Å²) in [6, 6.07) is 15.8. The summed E-state index contributed by atoms with van der Waals surface area (Å²) in [7, 11) is 1.63. The molecule has 0 radical (unpaired) electrons. The number of allylic oxidation sites excluding steroid dienone is 1. The van der Waals surface area contributed by atoms with Gasteiger partial charge in [0.1, 0.15) is 5.75 Å². The number of ether oxygens (including phenoxy) is 1. The normalized spacial score (nSPS) is 12.8. The molecule has 0 aliphatic rings. The minimum atomic E-state index is -0.897. The number of methoxy groups -OCH3 is 1. The predicted octanol–water partition coefficient (Wildman–Crippen LogP) is 4.17. The van der Waals surface area contributed by atoms with Crippen molar-refractivity contribution < 1.29 is 14.6 Å². The van der Waals surface area contributed by atoms with Crippen molar-refractivity contribution in [3.05, 3.63) is 76.9 Å². The topological polar surface area (TPSA) is 46.5 Å². The van der Waals surface area contributed by atoms with Crippen LogP contribution in [-0.4, -0.2) is 18.2 Å². The molecule has 114 valence electrons. The van der Waals surface area contributed by atoms with Gasteiger partial charge in [-0.1, -0.05) is 48.0 Å². The maximum absolute atomic E-state index is 11.2. The molecule has 0 aliphatic carbocycles. The van der Waals surface area contributed by atoms with Crippen LogP contribution in [0.3, 0.4) is 0 Å². The molecule has 0 spiro atoms. The van der Waals surface area contributed by atoms with Crippen LogP contribution in [-0.2, 0) is 4.79 Å². The molecule has 0 saturated heterocycles. The monoisotopic (exact) mass is 296 g/mol. The van der Waals surface area contributed by atoms with E-state index >= 15 is 0 Å². The van der Waals surface area contributed by atoms with E-state index in [1.807, 2.05) is 49.4 Å². The Balaban J connectivity index is 2.49. The Morgan fingerprint density at radius 2 is 1.82 bits per heavy atom. The fourth-order valence-electron chi connectivity index (χ4n) is 2.38. The van der Waals surface area contributed by atoms with Crippen molar-refractivity contribution >= 4 is 5.97 Å². The van der Waals surface area contributed by atoms with Crippen LogP contribution in [0.5, 0.6) is 5.75 Å². The molecule has 3 heteroatoms. The molecule has 3 nitrogen and oxygen atoms in total. The molecule has 1 N–H and O–H groups in total. The number of aliphatic carboxylic acids is 1. The number of carboxylic acid groups (broad SMARTS) is 1. The standard InChI is InChI=1S/C19H20O3/c1-13-5-4-6-16(11-13)18(12-14(2)19(20)21)15-7-9-17(22-3)10-8-15/h4-12,18H,1-3H3,(H,20,21). The highest BCUT2D eigenvalue weighted by Gasteiger charge is 2.14. The van der Waals surface area contributed by atoms with Gasteiger partial charge in [0.2, 0.25) is 0 Å². The Bertz CT molecular complexity index is 684. The second-order valence-electron chi connectivity index (χ2n) is 5.32. The van der Waals surface area contributed by atoms with Crippen LogP contribution in [0.1, 0.15) is 29.5 Å². The van der Waals surface area contributed by atoms with E-state index in [2.05, 4.69) is 6.07 Å². The first-order valence-electron chi connectivity index (χ1n) is 7.13. The van der Waals surface area contributed by atoms with Crippen molar-refractivity contribution in [3.63, 3.8) is 0 Å². The average Bonchev–Trinajstić information content (AvgIpc) is 2.52. The number of aryl methyl sites for hydroxylation is 1. The number of carbonyl (C=O) groups is 1. The first kappa shape index (κ1) is 15.8. The maximum atomic E-state index is 11.2. The minimum absolute atomic E-state index is 0.0955. The number of rotatable bonds is 5. The van der Waals surface area contributed by atoms with E-state index in [0.29, 0.717) is 5.57 Å². The van der Waals surface area contributed by atoms with E-state index in [1.54, 1.807) is 20.1 Å². The second-order valence-corrected chi connectivity index (χ2v) is 5.32. The first-order valence-corrected chi connectivity index (χ1v) is 7.13. The largest absolute Gasteiger partial charge is 0.497 e. The van der Waals surface area contributed by atoms with E-state index in [0.717, 1.165) is 22.4 Å². The third-order valence-corrected chi connectivity index (χ3v) is 3.63. The summed E-state index contributed by atoms with van der Waals surface area (Å²) in [5.41, 5.74) is 3.59. The SMILES string of the molecule is COc1ccc(C(C=C(C)C(=O)O)c2cccc(C)c2)cc1. The third-order valence-electron chi connectivity index (χ3n) is 3.63. The van der Waals surface area contributed by atoms with E-state index in [4.69, 9.17) is 4.74 Å². The molecule has 0 fully saturated rings. The molecule has 0 bridgehead atoms. The molecule has 2 rings (SSSR count). The molecule has 22 heavy (non-hydrogen) atoms. The lowest BCUT2D eigenvalue weighted by atomic mass is 9.89. The highest BCUT2D eigenvalue weighted by atomic mass is 16.5. The third kappa shape index (κ3) is 3.76. The molecule has 0 aromatic heterocycles. The van der Waals surface area contributed by atoms with Gasteiger partial charge < -0.3 is 9.84 Å². The van der Waals surface area contributed by atoms with Gasteiger partial charge in [0, 0.05) is 11.5 Å². The molecule has 2 aromatic rings. The summed E-state index contributed by atoms with van der Waals surface area (Å²) in [5.74, 6) is -0.209. The van der Waals surface area contributed by atoms with Crippen molar-refractivity contribution in [3.8, 4) is 5.75 Å². The van der Waals surface area contributed by atoms with Crippen LogP contribution < -0.4 is 4.74 Å². The zero-order chi connectivity index (χ0) is 16.1. The molecule has 0 heterocycles. The Morgan fingerprint density at radius 3 is 2.36 bits per heavy atom. The highest BCUT2D eigenvalue weighted by molar-refractivity contribution is 5.86. The van der Waals surface area contributed by atoms with Gasteiger partial charge in [-0.15, -0.1) is 0 Å². The van der Waals surface area contributed by atoms with Crippen molar-refractivity contribution in [1.29, 1.82) is 0 Å². The summed E-state index contributed by atoms with van der Waals surface area (Å²) < 4.78 is 5.18. The van der Waals surface area contributed by atoms with Gasteiger partial charge >= 0.3 is 5.97 Å². The van der Waals surface area contributed by atoms with Crippen molar-refractivity contribution in [2.45, 2.75) is 19.8 Å². The maximum Gasteiger partial charge on any atom is 0.330 e. The fourth-order valence-corrected chi connectivity index (χ4v) is 2.38. The Labute approximate surface area is 130 Å². The molecular weight excluding hydrogens is 276 g/mol. The zero-order valence-corrected chi connectivity index (χ0v) is 13.0. The van der Waals surface area contributed by atoms with Gasteiger partial charge in [0.05, 0.1) is 7.11 Å². The summed E-state index contributed by atoms with van der Waals surface area (Å²) in [6.07, 6.45) is 1.79. The van der Waals surface area contributed by atoms with Crippen LogP contribution in [0.25, 0.3) is 0 Å². The van der Waals surface area contributed by atoms with E-state index < -0.39 is 5.97 Å². The smallest absolute Gasteiger partial charge is 0.330 e. The van der Waals surface area contributed by atoms with Crippen LogP contribution in [0.15, 0.2) is 60.2 Å². The van der Waals surface area contributed by atoms with Crippen LogP contribution in [0.4, 0.5) is 0 Å². The van der Waals surface area contributed by atoms with Gasteiger partial charge in [-0.3, -0.25) is 0 Å². The summed E-state index contributed by atoms with van der Waals surface area (Å²) in [6.45, 7) is 3.65. The van der Waals surface area contributed by atoms with Gasteiger partial charge in [-0.25, -0.2) is 4.79 Å².